The lowest BCUT2D eigenvalue weighted by Crippen LogP contribution is -2.32. The van der Waals surface area contributed by atoms with E-state index in [0.717, 1.165) is 6.42 Å². The normalized spacial score (nSPS) is 50.1. The Labute approximate surface area is 66.5 Å². The van der Waals surface area contributed by atoms with Gasteiger partial charge in [0.2, 0.25) is 0 Å². The molecule has 2 rings (SSSR count). The molecule has 62 valence electrons. The van der Waals surface area contributed by atoms with Gasteiger partial charge in [0.1, 0.15) is 0 Å². The summed E-state index contributed by atoms with van der Waals surface area (Å²) >= 11 is 0. The maximum Gasteiger partial charge on any atom is 0.0661 e. The smallest absolute Gasteiger partial charge is 0.0661 e. The molecule has 0 aromatic rings. The summed E-state index contributed by atoms with van der Waals surface area (Å²) in [5.41, 5.74) is 0. The number of hydrogen-bond donors (Lipinski definition) is 2. The van der Waals surface area contributed by atoms with E-state index in [1.807, 2.05) is 0 Å². The number of aliphatic hydroxyl groups excluding tert-OH is 2. The minimum absolute atomic E-state index is 0.0880. The summed E-state index contributed by atoms with van der Waals surface area (Å²) in [7, 11) is 0. The van der Waals surface area contributed by atoms with Crippen LogP contribution in [0, 0.1) is 17.8 Å². The average molecular weight is 154 g/mol. The van der Waals surface area contributed by atoms with Crippen LogP contribution in [0.5, 0.6) is 0 Å². The van der Waals surface area contributed by atoms with E-state index < -0.39 is 0 Å². The van der Waals surface area contributed by atoms with Gasteiger partial charge in [-0.1, -0.05) is 12.2 Å². The van der Waals surface area contributed by atoms with Crippen LogP contribution in [0.4, 0.5) is 0 Å². The van der Waals surface area contributed by atoms with Crippen molar-refractivity contribution in [3.63, 3.8) is 0 Å². The molecule has 2 heteroatoms. The summed E-state index contributed by atoms with van der Waals surface area (Å²) in [5.74, 6) is 0.833. The van der Waals surface area contributed by atoms with E-state index in [-0.39, 0.29) is 18.1 Å². The van der Waals surface area contributed by atoms with Gasteiger partial charge in [-0.05, 0) is 19.3 Å². The zero-order valence-corrected chi connectivity index (χ0v) is 6.64. The third-order valence-corrected chi connectivity index (χ3v) is 3.03. The third-order valence-electron chi connectivity index (χ3n) is 3.03. The molecule has 1 saturated carbocycles. The van der Waals surface area contributed by atoms with Crippen molar-refractivity contribution in [2.75, 3.05) is 0 Å². The van der Waals surface area contributed by atoms with Gasteiger partial charge in [0.25, 0.3) is 0 Å². The fraction of sp³-hybridized carbons (Fsp3) is 0.778. The number of allylic oxidation sites excluding steroid dienone is 1. The molecule has 11 heavy (non-hydrogen) atoms. The second-order valence-electron chi connectivity index (χ2n) is 3.76. The quantitative estimate of drug-likeness (QED) is 0.541. The Morgan fingerprint density at radius 2 is 2.00 bits per heavy atom. The van der Waals surface area contributed by atoms with E-state index in [4.69, 9.17) is 0 Å². The third kappa shape index (κ3) is 0.932. The van der Waals surface area contributed by atoms with Crippen molar-refractivity contribution in [3.05, 3.63) is 12.2 Å². The summed E-state index contributed by atoms with van der Waals surface area (Å²) in [4.78, 5) is 0. The molecule has 0 aliphatic heterocycles. The number of rotatable bonds is 1. The van der Waals surface area contributed by atoms with Crippen LogP contribution >= 0.6 is 0 Å². The highest BCUT2D eigenvalue weighted by molar-refractivity contribution is 5.14. The van der Waals surface area contributed by atoms with Crippen molar-refractivity contribution in [1.29, 1.82) is 0 Å². The van der Waals surface area contributed by atoms with Crippen LogP contribution in [0.15, 0.2) is 12.2 Å². The molecule has 2 nitrogen and oxygen atoms in total. The van der Waals surface area contributed by atoms with Crippen molar-refractivity contribution in [3.8, 4) is 0 Å². The number of aliphatic hydroxyl groups is 2. The lowest BCUT2D eigenvalue weighted by Gasteiger charge is -2.25. The molecule has 5 unspecified atom stereocenters. The zero-order chi connectivity index (χ0) is 8.01. The van der Waals surface area contributed by atoms with Crippen LogP contribution in [0.2, 0.25) is 0 Å². The second-order valence-corrected chi connectivity index (χ2v) is 3.76. The number of hydrogen-bond acceptors (Lipinski definition) is 2. The molecule has 0 aromatic carbocycles. The Balaban J connectivity index is 2.18. The van der Waals surface area contributed by atoms with Crippen LogP contribution in [0.25, 0.3) is 0 Å². The van der Waals surface area contributed by atoms with Crippen molar-refractivity contribution in [1.82, 2.24) is 0 Å². The first-order valence-corrected chi connectivity index (χ1v) is 4.24. The molecule has 0 spiro atoms. The maximum absolute atomic E-state index is 9.64. The molecular formula is C9H14O2. The molecule has 1 fully saturated rings. The van der Waals surface area contributed by atoms with Gasteiger partial charge in [-0.3, -0.25) is 0 Å². The summed E-state index contributed by atoms with van der Waals surface area (Å²) in [5, 5.41) is 19.0. The summed E-state index contributed by atoms with van der Waals surface area (Å²) in [6.45, 7) is 1.77. The van der Waals surface area contributed by atoms with Crippen LogP contribution < -0.4 is 0 Å². The topological polar surface area (TPSA) is 40.5 Å². The lowest BCUT2D eigenvalue weighted by atomic mass is 9.87. The molecule has 2 bridgehead atoms. The van der Waals surface area contributed by atoms with Crippen LogP contribution in [0.3, 0.4) is 0 Å². The molecule has 0 saturated heterocycles. The molecule has 0 heterocycles. The largest absolute Gasteiger partial charge is 0.393 e. The van der Waals surface area contributed by atoms with Crippen LogP contribution in [-0.2, 0) is 0 Å². The van der Waals surface area contributed by atoms with Crippen LogP contribution in [-0.4, -0.2) is 22.4 Å². The molecule has 0 amide bonds. The Hall–Kier alpha value is -0.340. The van der Waals surface area contributed by atoms with Gasteiger partial charge in [-0.2, -0.15) is 0 Å². The van der Waals surface area contributed by atoms with E-state index in [1.165, 1.54) is 0 Å². The SMILES string of the molecule is CC(O)C1C2C=CC(C2)C1O. The standard InChI is InChI=1S/C9H14O2/c1-5(10)8-6-2-3-7(4-6)9(8)11/h2-3,5-11H,4H2,1H3. The van der Waals surface area contributed by atoms with Crippen LogP contribution in [0.1, 0.15) is 13.3 Å². The highest BCUT2D eigenvalue weighted by Crippen LogP contribution is 2.44. The molecule has 5 atom stereocenters. The fourth-order valence-electron chi connectivity index (χ4n) is 2.48. The molecule has 2 aliphatic rings. The first kappa shape index (κ1) is 7.32. The van der Waals surface area contributed by atoms with E-state index >= 15 is 0 Å². The van der Waals surface area contributed by atoms with Gasteiger partial charge in [-0.15, -0.1) is 0 Å². The minimum atomic E-state index is -0.370. The zero-order valence-electron chi connectivity index (χ0n) is 6.64. The van der Waals surface area contributed by atoms with E-state index in [9.17, 15) is 10.2 Å². The Morgan fingerprint density at radius 3 is 2.36 bits per heavy atom. The lowest BCUT2D eigenvalue weighted by molar-refractivity contribution is 0.0161. The van der Waals surface area contributed by atoms with Gasteiger partial charge in [0.15, 0.2) is 0 Å². The molecule has 2 aliphatic carbocycles. The molecular weight excluding hydrogens is 140 g/mol. The molecule has 0 radical (unpaired) electrons. The van der Waals surface area contributed by atoms with Crippen molar-refractivity contribution in [2.45, 2.75) is 25.6 Å². The van der Waals surface area contributed by atoms with Gasteiger partial charge >= 0.3 is 0 Å². The summed E-state index contributed by atoms with van der Waals surface area (Å²) in [6, 6.07) is 0. The van der Waals surface area contributed by atoms with E-state index in [1.54, 1.807) is 6.92 Å². The van der Waals surface area contributed by atoms with Gasteiger partial charge in [0.05, 0.1) is 12.2 Å². The Kier molecular flexibility index (Phi) is 1.55. The van der Waals surface area contributed by atoms with Crippen molar-refractivity contribution in [2.24, 2.45) is 17.8 Å². The summed E-state index contributed by atoms with van der Waals surface area (Å²) in [6.07, 6.45) is 4.58. The molecule has 0 aromatic heterocycles. The first-order valence-electron chi connectivity index (χ1n) is 4.24. The first-order chi connectivity index (χ1) is 5.20. The van der Waals surface area contributed by atoms with Crippen molar-refractivity contribution >= 4 is 0 Å². The van der Waals surface area contributed by atoms with E-state index in [0.29, 0.717) is 11.8 Å². The predicted molar refractivity (Wildman–Crippen MR) is 41.9 cm³/mol. The highest BCUT2D eigenvalue weighted by Gasteiger charge is 2.45. The Bertz CT molecular complexity index is 186. The predicted octanol–water partition coefficient (Wildman–Crippen LogP) is 0.550. The maximum atomic E-state index is 9.64. The highest BCUT2D eigenvalue weighted by atomic mass is 16.3. The molecule has 2 N–H and O–H groups in total. The average Bonchev–Trinajstić information content (AvgIpc) is 2.44. The van der Waals surface area contributed by atoms with E-state index in [2.05, 4.69) is 12.2 Å². The van der Waals surface area contributed by atoms with Gasteiger partial charge < -0.3 is 10.2 Å². The van der Waals surface area contributed by atoms with Gasteiger partial charge in [-0.25, -0.2) is 0 Å². The number of fused-ring (bicyclic) bond motifs is 2. The Morgan fingerprint density at radius 1 is 1.36 bits per heavy atom. The fourth-order valence-corrected chi connectivity index (χ4v) is 2.48. The monoisotopic (exact) mass is 154 g/mol. The van der Waals surface area contributed by atoms with Crippen molar-refractivity contribution < 1.29 is 10.2 Å². The van der Waals surface area contributed by atoms with Gasteiger partial charge in [0, 0.05) is 11.8 Å². The summed E-state index contributed by atoms with van der Waals surface area (Å²) < 4.78 is 0. The second kappa shape index (κ2) is 2.32. The minimum Gasteiger partial charge on any atom is -0.393 e.